The smallest absolute Gasteiger partial charge is 0.338 e. The Bertz CT molecular complexity index is 1020. The van der Waals surface area contributed by atoms with Crippen molar-refractivity contribution in [1.29, 1.82) is 0 Å². The van der Waals surface area contributed by atoms with Crippen molar-refractivity contribution in [2.45, 2.75) is 17.9 Å². The third-order valence-electron chi connectivity index (χ3n) is 4.44. The van der Waals surface area contributed by atoms with Gasteiger partial charge in [0.15, 0.2) is 6.10 Å². The molecular formula is C20H21ClN2O6S. The van der Waals surface area contributed by atoms with Crippen molar-refractivity contribution in [3.05, 3.63) is 59.1 Å². The number of anilines is 1. The molecule has 1 heterocycles. The standard InChI is InChI=1S/C20H21ClN2O6S/c1-14(19(24)22-17-4-2-3-16(21)13-17)29-20(25)15-5-7-18(8-6-15)30(26,27)23-9-11-28-12-10-23/h2-8,13-14H,9-12H2,1H3,(H,22,24)/t14-/m0/s1. The number of carbonyl (C=O) groups is 2. The zero-order valence-corrected chi connectivity index (χ0v) is 17.8. The minimum atomic E-state index is -3.65. The van der Waals surface area contributed by atoms with Crippen molar-refractivity contribution in [1.82, 2.24) is 4.31 Å². The monoisotopic (exact) mass is 452 g/mol. The highest BCUT2D eigenvalue weighted by Gasteiger charge is 2.27. The molecule has 0 unspecified atom stereocenters. The number of halogens is 1. The molecule has 8 nitrogen and oxygen atoms in total. The molecule has 0 aliphatic carbocycles. The highest BCUT2D eigenvalue weighted by Crippen LogP contribution is 2.19. The number of hydrogen-bond donors (Lipinski definition) is 1. The predicted molar refractivity (Wildman–Crippen MR) is 111 cm³/mol. The Hall–Kier alpha value is -2.46. The summed E-state index contributed by atoms with van der Waals surface area (Å²) in [7, 11) is -3.65. The van der Waals surface area contributed by atoms with Crippen molar-refractivity contribution < 1.29 is 27.5 Å². The van der Waals surface area contributed by atoms with Gasteiger partial charge in [-0.05, 0) is 49.4 Å². The predicted octanol–water partition coefficient (Wildman–Crippen LogP) is 2.54. The molecule has 1 aliphatic rings. The normalized spacial score (nSPS) is 15.9. The number of amides is 1. The first-order chi connectivity index (χ1) is 14.3. The summed E-state index contributed by atoms with van der Waals surface area (Å²) in [5.41, 5.74) is 0.617. The lowest BCUT2D eigenvalue weighted by molar-refractivity contribution is -0.123. The van der Waals surface area contributed by atoms with Crippen molar-refractivity contribution in [2.75, 3.05) is 31.6 Å². The first-order valence-electron chi connectivity index (χ1n) is 9.23. The highest BCUT2D eigenvalue weighted by molar-refractivity contribution is 7.89. The summed E-state index contributed by atoms with van der Waals surface area (Å²) < 4.78 is 36.9. The van der Waals surface area contributed by atoms with Gasteiger partial charge >= 0.3 is 5.97 Å². The average Bonchev–Trinajstić information content (AvgIpc) is 2.74. The Morgan fingerprint density at radius 3 is 2.43 bits per heavy atom. The summed E-state index contributed by atoms with van der Waals surface area (Å²) in [6.07, 6.45) is -1.06. The maximum absolute atomic E-state index is 12.6. The molecule has 1 fully saturated rings. The maximum Gasteiger partial charge on any atom is 0.338 e. The number of hydrogen-bond acceptors (Lipinski definition) is 6. The molecule has 3 rings (SSSR count). The first kappa shape index (κ1) is 22.2. The molecule has 1 aliphatic heterocycles. The van der Waals surface area contributed by atoms with Gasteiger partial charge in [0, 0.05) is 23.8 Å². The van der Waals surface area contributed by atoms with Gasteiger partial charge in [-0.3, -0.25) is 4.79 Å². The molecule has 1 amide bonds. The van der Waals surface area contributed by atoms with E-state index < -0.39 is 28.0 Å². The lowest BCUT2D eigenvalue weighted by atomic mass is 10.2. The van der Waals surface area contributed by atoms with Gasteiger partial charge in [0.25, 0.3) is 5.91 Å². The van der Waals surface area contributed by atoms with E-state index in [1.165, 1.54) is 35.5 Å². The summed E-state index contributed by atoms with van der Waals surface area (Å²) >= 11 is 5.88. The summed E-state index contributed by atoms with van der Waals surface area (Å²) in [5.74, 6) is -1.25. The van der Waals surface area contributed by atoms with E-state index in [4.69, 9.17) is 21.1 Å². The molecule has 1 atom stereocenters. The van der Waals surface area contributed by atoms with Crippen LogP contribution >= 0.6 is 11.6 Å². The van der Waals surface area contributed by atoms with E-state index in [1.807, 2.05) is 0 Å². The zero-order valence-electron chi connectivity index (χ0n) is 16.2. The Morgan fingerprint density at radius 1 is 1.13 bits per heavy atom. The fraction of sp³-hybridized carbons (Fsp3) is 0.300. The number of nitrogens with zero attached hydrogens (tertiary/aromatic N) is 1. The summed E-state index contributed by atoms with van der Waals surface area (Å²) in [6.45, 7) is 2.70. The Labute approximate surface area is 179 Å². The molecule has 1 N–H and O–H groups in total. The van der Waals surface area contributed by atoms with Crippen molar-refractivity contribution in [2.24, 2.45) is 0 Å². The second kappa shape index (κ2) is 9.57. The van der Waals surface area contributed by atoms with E-state index >= 15 is 0 Å². The molecular weight excluding hydrogens is 432 g/mol. The average molecular weight is 453 g/mol. The van der Waals surface area contributed by atoms with Gasteiger partial charge < -0.3 is 14.8 Å². The van der Waals surface area contributed by atoms with Gasteiger partial charge in [-0.15, -0.1) is 0 Å². The lowest BCUT2D eigenvalue weighted by Crippen LogP contribution is -2.40. The van der Waals surface area contributed by atoms with Crippen molar-refractivity contribution in [3.63, 3.8) is 0 Å². The molecule has 0 radical (unpaired) electrons. The molecule has 10 heteroatoms. The molecule has 160 valence electrons. The fourth-order valence-corrected chi connectivity index (χ4v) is 4.39. The van der Waals surface area contributed by atoms with E-state index in [1.54, 1.807) is 24.3 Å². The number of benzene rings is 2. The van der Waals surface area contributed by atoms with Gasteiger partial charge in [-0.1, -0.05) is 17.7 Å². The summed E-state index contributed by atoms with van der Waals surface area (Å²) in [6, 6.07) is 12.0. The van der Waals surface area contributed by atoms with Crippen LogP contribution in [0.4, 0.5) is 5.69 Å². The van der Waals surface area contributed by atoms with Gasteiger partial charge in [0.2, 0.25) is 10.0 Å². The van der Waals surface area contributed by atoms with Crippen LogP contribution in [-0.2, 0) is 24.3 Å². The quantitative estimate of drug-likeness (QED) is 0.676. The minimum Gasteiger partial charge on any atom is -0.449 e. The Kier molecular flexibility index (Phi) is 7.09. The second-order valence-electron chi connectivity index (χ2n) is 6.59. The van der Waals surface area contributed by atoms with Crippen LogP contribution in [0.3, 0.4) is 0 Å². The zero-order chi connectivity index (χ0) is 21.7. The number of ether oxygens (including phenoxy) is 2. The van der Waals surface area contributed by atoms with Crippen LogP contribution in [0.2, 0.25) is 5.02 Å². The van der Waals surface area contributed by atoms with Gasteiger partial charge in [0.1, 0.15) is 0 Å². The first-order valence-corrected chi connectivity index (χ1v) is 11.0. The van der Waals surface area contributed by atoms with Crippen LogP contribution in [0.1, 0.15) is 17.3 Å². The molecule has 2 aromatic rings. The largest absolute Gasteiger partial charge is 0.449 e. The summed E-state index contributed by atoms with van der Waals surface area (Å²) in [5, 5.41) is 3.07. The maximum atomic E-state index is 12.6. The summed E-state index contributed by atoms with van der Waals surface area (Å²) in [4.78, 5) is 24.6. The lowest BCUT2D eigenvalue weighted by Gasteiger charge is -2.26. The van der Waals surface area contributed by atoms with Gasteiger partial charge in [-0.25, -0.2) is 13.2 Å². The van der Waals surface area contributed by atoms with E-state index in [0.717, 1.165) is 0 Å². The van der Waals surface area contributed by atoms with E-state index in [0.29, 0.717) is 23.9 Å². The minimum absolute atomic E-state index is 0.0766. The van der Waals surface area contributed by atoms with Crippen LogP contribution in [-0.4, -0.2) is 57.0 Å². The number of nitrogens with one attached hydrogen (secondary N) is 1. The number of morpholine rings is 1. The van der Waals surface area contributed by atoms with Crippen LogP contribution < -0.4 is 5.32 Å². The topological polar surface area (TPSA) is 102 Å². The highest BCUT2D eigenvalue weighted by atomic mass is 35.5. The van der Waals surface area contributed by atoms with Crippen LogP contribution in [0, 0.1) is 0 Å². The Balaban J connectivity index is 1.62. The number of rotatable bonds is 6. The molecule has 0 saturated carbocycles. The van der Waals surface area contributed by atoms with Crippen LogP contribution in [0.5, 0.6) is 0 Å². The molecule has 1 saturated heterocycles. The third-order valence-corrected chi connectivity index (χ3v) is 6.59. The van der Waals surface area contributed by atoms with E-state index in [-0.39, 0.29) is 23.5 Å². The molecule has 0 bridgehead atoms. The molecule has 2 aromatic carbocycles. The fourth-order valence-electron chi connectivity index (χ4n) is 2.79. The third kappa shape index (κ3) is 5.37. The van der Waals surface area contributed by atoms with E-state index in [9.17, 15) is 18.0 Å². The van der Waals surface area contributed by atoms with Crippen LogP contribution in [0.25, 0.3) is 0 Å². The Morgan fingerprint density at radius 2 is 1.80 bits per heavy atom. The molecule has 30 heavy (non-hydrogen) atoms. The number of sulfonamides is 1. The van der Waals surface area contributed by atoms with Gasteiger partial charge in [-0.2, -0.15) is 4.31 Å². The second-order valence-corrected chi connectivity index (χ2v) is 8.96. The van der Waals surface area contributed by atoms with Crippen molar-refractivity contribution in [3.8, 4) is 0 Å². The van der Waals surface area contributed by atoms with Crippen LogP contribution in [0.15, 0.2) is 53.4 Å². The molecule has 0 spiro atoms. The molecule has 0 aromatic heterocycles. The van der Waals surface area contributed by atoms with Gasteiger partial charge in [0.05, 0.1) is 23.7 Å². The van der Waals surface area contributed by atoms with Crippen molar-refractivity contribution >= 4 is 39.2 Å². The number of esters is 1. The van der Waals surface area contributed by atoms with E-state index in [2.05, 4.69) is 5.32 Å². The number of carbonyl (C=O) groups excluding carboxylic acids is 2. The SMILES string of the molecule is C[C@H](OC(=O)c1ccc(S(=O)(=O)N2CCOCC2)cc1)C(=O)Nc1cccc(Cl)c1.